The number of unbranched alkanes of at least 4 members (excludes halogenated alkanes) is 5. The van der Waals surface area contributed by atoms with Gasteiger partial charge >= 0.3 is 0 Å². The molecule has 0 saturated carbocycles. The molecule has 0 heterocycles. The minimum atomic E-state index is 0.731. The van der Waals surface area contributed by atoms with Gasteiger partial charge in [-0.1, -0.05) is 37.1 Å². The molecule has 0 amide bonds. The Hall–Kier alpha value is -0.850. The average molecular weight is 180 g/mol. The van der Waals surface area contributed by atoms with Gasteiger partial charge in [0, 0.05) is 6.42 Å². The van der Waals surface area contributed by atoms with Crippen molar-refractivity contribution in [2.75, 3.05) is 0 Å². The van der Waals surface area contributed by atoms with E-state index < -0.39 is 0 Å². The predicted octanol–water partition coefficient (Wildman–Crippen LogP) is 3.66. The number of carbonyl (C=O) groups is 1. The first kappa shape index (κ1) is 12.2. The summed E-state index contributed by atoms with van der Waals surface area (Å²) in [6.45, 7) is 2.02. The molecule has 0 N–H and O–H groups in total. The molecule has 0 aliphatic carbocycles. The topological polar surface area (TPSA) is 17.1 Å². The lowest BCUT2D eigenvalue weighted by atomic mass is 10.1. The maximum Gasteiger partial charge on any atom is 0.119 e. The van der Waals surface area contributed by atoms with Crippen LogP contribution in [0.1, 0.15) is 45.4 Å². The molecule has 0 spiro atoms. The lowest BCUT2D eigenvalue weighted by molar-refractivity contribution is -0.107. The molecule has 74 valence electrons. The molecule has 0 rings (SSSR count). The van der Waals surface area contributed by atoms with E-state index in [2.05, 4.69) is 12.2 Å². The molecule has 0 aliphatic heterocycles. The van der Waals surface area contributed by atoms with E-state index in [-0.39, 0.29) is 0 Å². The second-order valence-electron chi connectivity index (χ2n) is 3.11. The van der Waals surface area contributed by atoms with Gasteiger partial charge in [-0.05, 0) is 26.2 Å². The van der Waals surface area contributed by atoms with Gasteiger partial charge in [0.2, 0.25) is 0 Å². The molecule has 13 heavy (non-hydrogen) atoms. The van der Waals surface area contributed by atoms with Crippen LogP contribution < -0.4 is 0 Å². The third-order valence-electron chi connectivity index (χ3n) is 1.88. The fraction of sp³-hybridized carbons (Fsp3) is 0.583. The molecular weight excluding hydrogens is 160 g/mol. The molecule has 0 aromatic heterocycles. The van der Waals surface area contributed by atoms with Gasteiger partial charge in [-0.15, -0.1) is 0 Å². The van der Waals surface area contributed by atoms with Crippen LogP contribution in [0.5, 0.6) is 0 Å². The Morgan fingerprint density at radius 3 is 2.23 bits per heavy atom. The molecule has 0 bridgehead atoms. The number of rotatable bonds is 8. The Bertz CT molecular complexity index is 157. The zero-order valence-corrected chi connectivity index (χ0v) is 8.54. The number of carbonyl (C=O) groups excluding carboxylic acids is 1. The zero-order chi connectivity index (χ0) is 9.78. The van der Waals surface area contributed by atoms with Gasteiger partial charge in [0.25, 0.3) is 0 Å². The van der Waals surface area contributed by atoms with E-state index in [9.17, 15) is 4.79 Å². The molecule has 0 aromatic rings. The Morgan fingerprint density at radius 1 is 0.923 bits per heavy atom. The van der Waals surface area contributed by atoms with Crippen molar-refractivity contribution in [3.63, 3.8) is 0 Å². The molecule has 1 heteroatoms. The molecule has 0 saturated heterocycles. The largest absolute Gasteiger partial charge is 0.303 e. The quantitative estimate of drug-likeness (QED) is 0.316. The summed E-state index contributed by atoms with van der Waals surface area (Å²) in [6.07, 6.45) is 16.0. The van der Waals surface area contributed by atoms with Crippen LogP contribution in [0.25, 0.3) is 0 Å². The van der Waals surface area contributed by atoms with Crippen LogP contribution in [-0.2, 0) is 4.79 Å². The number of hydrogen-bond acceptors (Lipinski definition) is 1. The van der Waals surface area contributed by atoms with Crippen molar-refractivity contribution < 1.29 is 4.79 Å². The standard InChI is InChI=1S/C12H20O/c1-2-3-4-5-6-7-8-9-10-11-12-13/h2-5,12H,6-11H2,1H3/b3-2-,5-4?. The SMILES string of the molecule is C/C=C\C=CCCCCCCC=O. The minimum Gasteiger partial charge on any atom is -0.303 e. The normalized spacial score (nSPS) is 11.5. The summed E-state index contributed by atoms with van der Waals surface area (Å²) < 4.78 is 0. The van der Waals surface area contributed by atoms with Crippen LogP contribution in [0.2, 0.25) is 0 Å². The summed E-state index contributed by atoms with van der Waals surface area (Å²) in [5.74, 6) is 0. The third-order valence-corrected chi connectivity index (χ3v) is 1.88. The summed E-state index contributed by atoms with van der Waals surface area (Å²) in [5.41, 5.74) is 0. The van der Waals surface area contributed by atoms with E-state index in [0.29, 0.717) is 0 Å². The zero-order valence-electron chi connectivity index (χ0n) is 8.54. The van der Waals surface area contributed by atoms with Crippen LogP contribution in [0.15, 0.2) is 24.3 Å². The molecule has 0 fully saturated rings. The van der Waals surface area contributed by atoms with E-state index in [1.807, 2.05) is 19.1 Å². The van der Waals surface area contributed by atoms with Crippen LogP contribution >= 0.6 is 0 Å². The second kappa shape index (κ2) is 11.2. The summed E-state index contributed by atoms with van der Waals surface area (Å²) in [6, 6.07) is 0. The Labute approximate surface area is 81.5 Å². The van der Waals surface area contributed by atoms with Crippen molar-refractivity contribution in [1.82, 2.24) is 0 Å². The predicted molar refractivity (Wildman–Crippen MR) is 57.7 cm³/mol. The van der Waals surface area contributed by atoms with Gasteiger partial charge in [-0.25, -0.2) is 0 Å². The second-order valence-corrected chi connectivity index (χ2v) is 3.11. The number of hydrogen-bond donors (Lipinski definition) is 0. The molecular formula is C12H20O. The van der Waals surface area contributed by atoms with Crippen LogP contribution in [0.3, 0.4) is 0 Å². The highest BCUT2D eigenvalue weighted by molar-refractivity contribution is 5.48. The van der Waals surface area contributed by atoms with Crippen LogP contribution in [0.4, 0.5) is 0 Å². The third kappa shape index (κ3) is 11.1. The highest BCUT2D eigenvalue weighted by Crippen LogP contribution is 2.04. The van der Waals surface area contributed by atoms with Gasteiger partial charge in [-0.2, -0.15) is 0 Å². The number of aldehydes is 1. The van der Waals surface area contributed by atoms with Crippen molar-refractivity contribution in [1.29, 1.82) is 0 Å². The smallest absolute Gasteiger partial charge is 0.119 e. The van der Waals surface area contributed by atoms with Crippen molar-refractivity contribution in [2.24, 2.45) is 0 Å². The molecule has 1 nitrogen and oxygen atoms in total. The summed E-state index contributed by atoms with van der Waals surface area (Å²) in [4.78, 5) is 9.99. The van der Waals surface area contributed by atoms with E-state index in [1.165, 1.54) is 19.3 Å². The monoisotopic (exact) mass is 180 g/mol. The van der Waals surface area contributed by atoms with Crippen molar-refractivity contribution >= 4 is 6.29 Å². The van der Waals surface area contributed by atoms with Gasteiger partial charge in [0.15, 0.2) is 0 Å². The first-order chi connectivity index (χ1) is 6.41. The van der Waals surface area contributed by atoms with Crippen LogP contribution in [0, 0.1) is 0 Å². The summed E-state index contributed by atoms with van der Waals surface area (Å²) >= 11 is 0. The molecule has 0 atom stereocenters. The fourth-order valence-electron chi connectivity index (χ4n) is 1.13. The molecule has 0 unspecified atom stereocenters. The van der Waals surface area contributed by atoms with E-state index in [4.69, 9.17) is 0 Å². The summed E-state index contributed by atoms with van der Waals surface area (Å²) in [5, 5.41) is 0. The van der Waals surface area contributed by atoms with Crippen molar-refractivity contribution in [2.45, 2.75) is 45.4 Å². The fourth-order valence-corrected chi connectivity index (χ4v) is 1.13. The van der Waals surface area contributed by atoms with E-state index in [0.717, 1.165) is 25.5 Å². The Morgan fingerprint density at radius 2 is 1.62 bits per heavy atom. The first-order valence-corrected chi connectivity index (χ1v) is 5.13. The Balaban J connectivity index is 3.03. The minimum absolute atomic E-state index is 0.731. The molecule has 0 aromatic carbocycles. The lowest BCUT2D eigenvalue weighted by Crippen LogP contribution is -1.78. The molecule has 0 aliphatic rings. The highest BCUT2D eigenvalue weighted by Gasteiger charge is 1.87. The van der Waals surface area contributed by atoms with E-state index >= 15 is 0 Å². The highest BCUT2D eigenvalue weighted by atomic mass is 16.1. The van der Waals surface area contributed by atoms with Gasteiger partial charge < -0.3 is 4.79 Å². The maximum atomic E-state index is 9.99. The summed E-state index contributed by atoms with van der Waals surface area (Å²) in [7, 11) is 0. The lowest BCUT2D eigenvalue weighted by Gasteiger charge is -1.94. The van der Waals surface area contributed by atoms with Gasteiger partial charge in [-0.3, -0.25) is 0 Å². The van der Waals surface area contributed by atoms with Gasteiger partial charge in [0.1, 0.15) is 6.29 Å². The van der Waals surface area contributed by atoms with Crippen molar-refractivity contribution in [3.8, 4) is 0 Å². The van der Waals surface area contributed by atoms with Crippen molar-refractivity contribution in [3.05, 3.63) is 24.3 Å². The first-order valence-electron chi connectivity index (χ1n) is 5.13. The average Bonchev–Trinajstić information content (AvgIpc) is 2.16. The maximum absolute atomic E-state index is 9.99. The van der Waals surface area contributed by atoms with Crippen LogP contribution in [-0.4, -0.2) is 6.29 Å². The van der Waals surface area contributed by atoms with Gasteiger partial charge in [0.05, 0.1) is 0 Å². The van der Waals surface area contributed by atoms with E-state index in [1.54, 1.807) is 0 Å². The molecule has 0 radical (unpaired) electrons. The Kier molecular flexibility index (Phi) is 10.4. The number of allylic oxidation sites excluding steroid dienone is 4.